The molecule has 0 bridgehead atoms. The molecular weight excluding hydrogens is 252 g/mol. The number of nitrogens with one attached hydrogen (secondary N) is 2. The first-order valence-electron chi connectivity index (χ1n) is 7.25. The highest BCUT2D eigenvalue weighted by atomic mass is 16.2. The SMILES string of the molecule is Cc1ccc(NC(=O)C(=O)N[C@@H]2CCCC[C@@H]2C)cc1. The van der Waals surface area contributed by atoms with Gasteiger partial charge in [0.05, 0.1) is 0 Å². The minimum Gasteiger partial charge on any atom is -0.345 e. The lowest BCUT2D eigenvalue weighted by Crippen LogP contribution is -2.45. The van der Waals surface area contributed by atoms with Crippen LogP contribution in [0.5, 0.6) is 0 Å². The molecule has 108 valence electrons. The summed E-state index contributed by atoms with van der Waals surface area (Å²) in [5.74, 6) is -0.684. The van der Waals surface area contributed by atoms with Gasteiger partial charge in [0.15, 0.2) is 0 Å². The first-order chi connectivity index (χ1) is 9.56. The summed E-state index contributed by atoms with van der Waals surface area (Å²) < 4.78 is 0. The van der Waals surface area contributed by atoms with E-state index in [4.69, 9.17) is 0 Å². The van der Waals surface area contributed by atoms with Gasteiger partial charge in [-0.15, -0.1) is 0 Å². The Morgan fingerprint density at radius 2 is 1.70 bits per heavy atom. The number of hydrogen-bond acceptors (Lipinski definition) is 2. The van der Waals surface area contributed by atoms with E-state index in [-0.39, 0.29) is 6.04 Å². The number of aryl methyl sites for hydroxylation is 1. The average molecular weight is 274 g/mol. The van der Waals surface area contributed by atoms with Crippen LogP contribution < -0.4 is 10.6 Å². The fourth-order valence-electron chi connectivity index (χ4n) is 2.59. The highest BCUT2D eigenvalue weighted by Crippen LogP contribution is 2.23. The minimum absolute atomic E-state index is 0.125. The molecule has 1 fully saturated rings. The van der Waals surface area contributed by atoms with Crippen LogP contribution in [0.2, 0.25) is 0 Å². The van der Waals surface area contributed by atoms with Crippen LogP contribution in [-0.4, -0.2) is 17.9 Å². The van der Waals surface area contributed by atoms with Crippen LogP contribution in [0, 0.1) is 12.8 Å². The summed E-state index contributed by atoms with van der Waals surface area (Å²) in [5.41, 5.74) is 1.76. The van der Waals surface area contributed by atoms with Crippen LogP contribution in [0.1, 0.15) is 38.2 Å². The van der Waals surface area contributed by atoms with Gasteiger partial charge in [0.1, 0.15) is 0 Å². The third-order valence-electron chi connectivity index (χ3n) is 3.94. The number of hydrogen-bond donors (Lipinski definition) is 2. The van der Waals surface area contributed by atoms with Gasteiger partial charge in [0.25, 0.3) is 0 Å². The van der Waals surface area contributed by atoms with Gasteiger partial charge in [0, 0.05) is 11.7 Å². The zero-order chi connectivity index (χ0) is 14.5. The van der Waals surface area contributed by atoms with E-state index in [9.17, 15) is 9.59 Å². The van der Waals surface area contributed by atoms with E-state index in [0.717, 1.165) is 24.8 Å². The van der Waals surface area contributed by atoms with Crippen molar-refractivity contribution in [3.8, 4) is 0 Å². The van der Waals surface area contributed by atoms with Crippen molar-refractivity contribution in [3.05, 3.63) is 29.8 Å². The van der Waals surface area contributed by atoms with Crippen molar-refractivity contribution in [2.24, 2.45) is 5.92 Å². The third-order valence-corrected chi connectivity index (χ3v) is 3.94. The van der Waals surface area contributed by atoms with Crippen molar-refractivity contribution in [1.29, 1.82) is 0 Å². The molecule has 0 radical (unpaired) electrons. The molecule has 0 saturated heterocycles. The van der Waals surface area contributed by atoms with Crippen molar-refractivity contribution >= 4 is 17.5 Å². The molecule has 0 heterocycles. The molecular formula is C16H22N2O2. The van der Waals surface area contributed by atoms with E-state index >= 15 is 0 Å². The number of amides is 2. The summed E-state index contributed by atoms with van der Waals surface area (Å²) in [6, 6.07) is 7.51. The van der Waals surface area contributed by atoms with Crippen molar-refractivity contribution in [3.63, 3.8) is 0 Å². The van der Waals surface area contributed by atoms with Crippen molar-refractivity contribution in [1.82, 2.24) is 5.32 Å². The molecule has 1 aliphatic rings. The van der Waals surface area contributed by atoms with E-state index in [0.29, 0.717) is 11.6 Å². The summed E-state index contributed by atoms with van der Waals surface area (Å²) in [7, 11) is 0. The Morgan fingerprint density at radius 3 is 2.35 bits per heavy atom. The largest absolute Gasteiger partial charge is 0.345 e. The smallest absolute Gasteiger partial charge is 0.313 e. The van der Waals surface area contributed by atoms with Crippen LogP contribution in [-0.2, 0) is 9.59 Å². The van der Waals surface area contributed by atoms with Crippen LogP contribution in [0.25, 0.3) is 0 Å². The van der Waals surface area contributed by atoms with Gasteiger partial charge < -0.3 is 10.6 Å². The fourth-order valence-corrected chi connectivity index (χ4v) is 2.59. The Hall–Kier alpha value is -1.84. The zero-order valence-corrected chi connectivity index (χ0v) is 12.1. The molecule has 2 atom stereocenters. The molecule has 0 aliphatic heterocycles. The Morgan fingerprint density at radius 1 is 1.05 bits per heavy atom. The van der Waals surface area contributed by atoms with Gasteiger partial charge in [-0.25, -0.2) is 0 Å². The predicted molar refractivity (Wildman–Crippen MR) is 79.4 cm³/mol. The topological polar surface area (TPSA) is 58.2 Å². The lowest BCUT2D eigenvalue weighted by molar-refractivity contribution is -0.137. The monoisotopic (exact) mass is 274 g/mol. The normalized spacial score (nSPS) is 22.1. The van der Waals surface area contributed by atoms with E-state index in [1.165, 1.54) is 6.42 Å². The van der Waals surface area contributed by atoms with Gasteiger partial charge in [-0.1, -0.05) is 37.5 Å². The maximum absolute atomic E-state index is 11.9. The Balaban J connectivity index is 1.88. The molecule has 4 heteroatoms. The van der Waals surface area contributed by atoms with Gasteiger partial charge in [-0.05, 0) is 37.8 Å². The molecule has 2 N–H and O–H groups in total. The van der Waals surface area contributed by atoms with E-state index in [1.807, 2.05) is 19.1 Å². The summed E-state index contributed by atoms with van der Waals surface area (Å²) in [6.45, 7) is 4.10. The molecule has 1 saturated carbocycles. The van der Waals surface area contributed by atoms with Crippen LogP contribution in [0.4, 0.5) is 5.69 Å². The van der Waals surface area contributed by atoms with E-state index in [2.05, 4.69) is 17.6 Å². The number of anilines is 1. The molecule has 0 spiro atoms. The van der Waals surface area contributed by atoms with Crippen molar-refractivity contribution < 1.29 is 9.59 Å². The zero-order valence-electron chi connectivity index (χ0n) is 12.1. The molecule has 1 aliphatic carbocycles. The van der Waals surface area contributed by atoms with E-state index in [1.54, 1.807) is 12.1 Å². The molecule has 20 heavy (non-hydrogen) atoms. The molecule has 0 unspecified atom stereocenters. The molecule has 2 rings (SSSR count). The van der Waals surface area contributed by atoms with Crippen molar-refractivity contribution in [2.75, 3.05) is 5.32 Å². The third kappa shape index (κ3) is 3.83. The molecule has 1 aromatic carbocycles. The second-order valence-electron chi connectivity index (χ2n) is 5.66. The van der Waals surface area contributed by atoms with Gasteiger partial charge in [-0.2, -0.15) is 0 Å². The molecule has 4 nitrogen and oxygen atoms in total. The highest BCUT2D eigenvalue weighted by molar-refractivity contribution is 6.39. The quantitative estimate of drug-likeness (QED) is 0.814. The van der Waals surface area contributed by atoms with Gasteiger partial charge in [-0.3, -0.25) is 9.59 Å². The number of benzene rings is 1. The Bertz CT molecular complexity index is 482. The fraction of sp³-hybridized carbons (Fsp3) is 0.500. The second kappa shape index (κ2) is 6.55. The summed E-state index contributed by atoms with van der Waals surface area (Å²) in [5, 5.41) is 5.47. The molecule has 2 amide bonds. The van der Waals surface area contributed by atoms with Gasteiger partial charge >= 0.3 is 11.8 Å². The first-order valence-corrected chi connectivity index (χ1v) is 7.25. The summed E-state index contributed by atoms with van der Waals surface area (Å²) >= 11 is 0. The molecule has 1 aromatic rings. The number of carbonyl (C=O) groups excluding carboxylic acids is 2. The number of rotatable bonds is 2. The lowest BCUT2D eigenvalue weighted by atomic mass is 9.86. The van der Waals surface area contributed by atoms with Crippen LogP contribution in [0.3, 0.4) is 0 Å². The maximum atomic E-state index is 11.9. The number of carbonyl (C=O) groups is 2. The van der Waals surface area contributed by atoms with Crippen molar-refractivity contribution in [2.45, 2.75) is 45.6 Å². The second-order valence-corrected chi connectivity index (χ2v) is 5.66. The summed E-state index contributed by atoms with van der Waals surface area (Å²) in [4.78, 5) is 23.8. The maximum Gasteiger partial charge on any atom is 0.313 e. The standard InChI is InChI=1S/C16H22N2O2/c1-11-7-9-13(10-8-11)17-15(19)16(20)18-14-6-4-3-5-12(14)2/h7-10,12,14H,3-6H2,1-2H3,(H,17,19)(H,18,20)/t12-,14+/m0/s1. The minimum atomic E-state index is -0.591. The first kappa shape index (κ1) is 14.6. The summed E-state index contributed by atoms with van der Waals surface area (Å²) in [6.07, 6.45) is 4.41. The average Bonchev–Trinajstić information content (AvgIpc) is 2.44. The van der Waals surface area contributed by atoms with E-state index < -0.39 is 11.8 Å². The highest BCUT2D eigenvalue weighted by Gasteiger charge is 2.25. The lowest BCUT2D eigenvalue weighted by Gasteiger charge is -2.29. The van der Waals surface area contributed by atoms with Crippen LogP contribution >= 0.6 is 0 Å². The Kier molecular flexibility index (Phi) is 4.77. The van der Waals surface area contributed by atoms with Crippen LogP contribution in [0.15, 0.2) is 24.3 Å². The predicted octanol–water partition coefficient (Wildman–Crippen LogP) is 2.63. The van der Waals surface area contributed by atoms with Gasteiger partial charge in [0.2, 0.25) is 0 Å². The Labute approximate surface area is 119 Å². The molecule has 0 aromatic heterocycles.